The van der Waals surface area contributed by atoms with E-state index in [1.807, 2.05) is 30.3 Å². The van der Waals surface area contributed by atoms with Crippen LogP contribution in [-0.2, 0) is 0 Å². The van der Waals surface area contributed by atoms with Crippen LogP contribution in [0.1, 0.15) is 19.8 Å². The summed E-state index contributed by atoms with van der Waals surface area (Å²) in [5, 5.41) is 0. The molecule has 1 aromatic rings. The number of halogens is 3. The lowest BCUT2D eigenvalue weighted by Gasteiger charge is -2.29. The van der Waals surface area contributed by atoms with Gasteiger partial charge < -0.3 is 4.74 Å². The topological polar surface area (TPSA) is 9.23 Å². The summed E-state index contributed by atoms with van der Waals surface area (Å²) in [6.07, 6.45) is 4.15. The third-order valence-corrected chi connectivity index (χ3v) is 3.58. The molecule has 18 heavy (non-hydrogen) atoms. The van der Waals surface area contributed by atoms with Gasteiger partial charge in [0.2, 0.25) is 5.92 Å². The fourth-order valence-corrected chi connectivity index (χ4v) is 2.44. The number of rotatable bonds is 3. The summed E-state index contributed by atoms with van der Waals surface area (Å²) in [6.45, 7) is 0.979. The van der Waals surface area contributed by atoms with Crippen molar-refractivity contribution < 1.29 is 13.5 Å². The predicted octanol–water partition coefficient (Wildman–Crippen LogP) is 4.82. The minimum Gasteiger partial charge on any atom is -0.486 e. The van der Waals surface area contributed by atoms with Crippen LogP contribution in [0.15, 0.2) is 40.9 Å². The van der Waals surface area contributed by atoms with Crippen molar-refractivity contribution in [3.8, 4) is 5.75 Å². The molecule has 4 heteroatoms. The Labute approximate surface area is 114 Å². The number of allylic oxidation sites excluding steroid dienone is 1. The van der Waals surface area contributed by atoms with E-state index < -0.39 is 11.8 Å². The molecule has 98 valence electrons. The second-order valence-corrected chi connectivity index (χ2v) is 5.58. The van der Waals surface area contributed by atoms with E-state index in [-0.39, 0.29) is 6.10 Å². The first kappa shape index (κ1) is 13.5. The Kier molecular flexibility index (Phi) is 4.05. The monoisotopic (exact) mass is 316 g/mol. The number of ether oxygens (including phenoxy) is 1. The van der Waals surface area contributed by atoms with Gasteiger partial charge in [0, 0.05) is 10.4 Å². The smallest absolute Gasteiger partial charge is 0.248 e. The second-order valence-electron chi connectivity index (χ2n) is 4.67. The molecule has 2 atom stereocenters. The van der Waals surface area contributed by atoms with Gasteiger partial charge in [-0.2, -0.15) is 0 Å². The lowest BCUT2D eigenvalue weighted by Crippen LogP contribution is -2.32. The van der Waals surface area contributed by atoms with Crippen LogP contribution in [-0.4, -0.2) is 12.0 Å². The highest BCUT2D eigenvalue weighted by atomic mass is 79.9. The van der Waals surface area contributed by atoms with Crippen LogP contribution in [0.5, 0.6) is 5.75 Å². The SMILES string of the molecule is CC(F)(F)C1CC=CC(Oc2cccc(Br)c2)C1. The minimum absolute atomic E-state index is 0.274. The average Bonchev–Trinajstić information content (AvgIpc) is 2.28. The molecule has 0 amide bonds. The van der Waals surface area contributed by atoms with Gasteiger partial charge in [-0.25, -0.2) is 8.78 Å². The van der Waals surface area contributed by atoms with E-state index >= 15 is 0 Å². The van der Waals surface area contributed by atoms with Crippen LogP contribution in [0.4, 0.5) is 8.78 Å². The summed E-state index contributed by atoms with van der Waals surface area (Å²) in [7, 11) is 0. The van der Waals surface area contributed by atoms with Crippen molar-refractivity contribution >= 4 is 15.9 Å². The van der Waals surface area contributed by atoms with Crippen molar-refractivity contribution in [2.75, 3.05) is 0 Å². The predicted molar refractivity (Wildman–Crippen MR) is 71.0 cm³/mol. The maximum Gasteiger partial charge on any atom is 0.248 e. The second kappa shape index (κ2) is 5.39. The van der Waals surface area contributed by atoms with Gasteiger partial charge in [0.15, 0.2) is 0 Å². The zero-order chi connectivity index (χ0) is 13.2. The van der Waals surface area contributed by atoms with Crippen LogP contribution in [0.25, 0.3) is 0 Å². The standard InChI is InChI=1S/C14H15BrF2O/c1-14(16,17)10-4-2-6-12(8-10)18-13-7-3-5-11(15)9-13/h2-3,5-7,9-10,12H,4,8H2,1H3. The third kappa shape index (κ3) is 3.55. The maximum atomic E-state index is 13.3. The summed E-state index contributed by atoms with van der Waals surface area (Å²) in [4.78, 5) is 0. The van der Waals surface area contributed by atoms with Gasteiger partial charge in [-0.1, -0.05) is 28.1 Å². The van der Waals surface area contributed by atoms with Gasteiger partial charge in [0.25, 0.3) is 0 Å². The highest BCUT2D eigenvalue weighted by Crippen LogP contribution is 2.34. The molecule has 2 rings (SSSR count). The molecule has 0 saturated carbocycles. The largest absolute Gasteiger partial charge is 0.486 e. The molecule has 0 N–H and O–H groups in total. The first-order chi connectivity index (χ1) is 8.45. The summed E-state index contributed by atoms with van der Waals surface area (Å²) in [5.74, 6) is -2.59. The van der Waals surface area contributed by atoms with Crippen LogP contribution >= 0.6 is 15.9 Å². The van der Waals surface area contributed by atoms with Crippen LogP contribution in [0.3, 0.4) is 0 Å². The van der Waals surface area contributed by atoms with Gasteiger partial charge >= 0.3 is 0 Å². The summed E-state index contributed by atoms with van der Waals surface area (Å²) < 4.78 is 33.2. The number of benzene rings is 1. The normalized spacial score (nSPS) is 24.0. The summed E-state index contributed by atoms with van der Waals surface area (Å²) >= 11 is 3.35. The molecule has 2 unspecified atom stereocenters. The van der Waals surface area contributed by atoms with Crippen molar-refractivity contribution in [2.45, 2.75) is 31.8 Å². The molecule has 1 aliphatic carbocycles. The molecular formula is C14H15BrF2O. The Bertz CT molecular complexity index is 440. The van der Waals surface area contributed by atoms with Crippen molar-refractivity contribution in [3.63, 3.8) is 0 Å². The van der Waals surface area contributed by atoms with Gasteiger partial charge in [-0.3, -0.25) is 0 Å². The van der Waals surface area contributed by atoms with E-state index in [0.717, 1.165) is 11.4 Å². The van der Waals surface area contributed by atoms with Crippen molar-refractivity contribution in [1.82, 2.24) is 0 Å². The molecule has 0 aliphatic heterocycles. The van der Waals surface area contributed by atoms with Crippen LogP contribution in [0.2, 0.25) is 0 Å². The van der Waals surface area contributed by atoms with Gasteiger partial charge in [0.05, 0.1) is 0 Å². The Balaban J connectivity index is 2.02. The zero-order valence-corrected chi connectivity index (χ0v) is 11.7. The van der Waals surface area contributed by atoms with Crippen LogP contribution in [0, 0.1) is 5.92 Å². The minimum atomic E-state index is -2.65. The molecule has 0 spiro atoms. The fourth-order valence-electron chi connectivity index (χ4n) is 2.07. The first-order valence-electron chi connectivity index (χ1n) is 5.92. The Morgan fingerprint density at radius 1 is 1.39 bits per heavy atom. The molecular weight excluding hydrogens is 302 g/mol. The Morgan fingerprint density at radius 3 is 2.83 bits per heavy atom. The fraction of sp³-hybridized carbons (Fsp3) is 0.429. The first-order valence-corrected chi connectivity index (χ1v) is 6.71. The zero-order valence-electron chi connectivity index (χ0n) is 10.1. The van der Waals surface area contributed by atoms with Gasteiger partial charge in [-0.15, -0.1) is 0 Å². The van der Waals surface area contributed by atoms with E-state index in [9.17, 15) is 8.78 Å². The van der Waals surface area contributed by atoms with Crippen molar-refractivity contribution in [1.29, 1.82) is 0 Å². The van der Waals surface area contributed by atoms with E-state index in [0.29, 0.717) is 18.6 Å². The molecule has 0 fully saturated rings. The maximum absolute atomic E-state index is 13.3. The molecule has 1 aliphatic rings. The molecule has 0 bridgehead atoms. The number of hydrogen-bond acceptors (Lipinski definition) is 1. The highest BCUT2D eigenvalue weighted by Gasteiger charge is 2.36. The lowest BCUT2D eigenvalue weighted by molar-refractivity contribution is -0.0523. The molecule has 0 radical (unpaired) electrons. The molecule has 1 nitrogen and oxygen atoms in total. The van der Waals surface area contributed by atoms with E-state index in [4.69, 9.17) is 4.74 Å². The van der Waals surface area contributed by atoms with E-state index in [1.165, 1.54) is 0 Å². The third-order valence-electron chi connectivity index (χ3n) is 3.09. The van der Waals surface area contributed by atoms with Gasteiger partial charge in [-0.05, 0) is 44.0 Å². The molecule has 0 heterocycles. The molecule has 0 aromatic heterocycles. The van der Waals surface area contributed by atoms with Crippen LogP contribution < -0.4 is 4.74 Å². The summed E-state index contributed by atoms with van der Waals surface area (Å²) in [6, 6.07) is 7.41. The molecule has 1 aromatic carbocycles. The number of alkyl halides is 2. The number of hydrogen-bond donors (Lipinski definition) is 0. The Hall–Kier alpha value is -0.900. The van der Waals surface area contributed by atoms with Crippen molar-refractivity contribution in [2.24, 2.45) is 5.92 Å². The Morgan fingerprint density at radius 2 is 2.17 bits per heavy atom. The summed E-state index contributed by atoms with van der Waals surface area (Å²) in [5.41, 5.74) is 0. The quantitative estimate of drug-likeness (QED) is 0.726. The molecule has 0 saturated heterocycles. The van der Waals surface area contributed by atoms with Gasteiger partial charge in [0.1, 0.15) is 11.9 Å². The lowest BCUT2D eigenvalue weighted by atomic mass is 9.88. The highest BCUT2D eigenvalue weighted by molar-refractivity contribution is 9.10. The van der Waals surface area contributed by atoms with E-state index in [1.54, 1.807) is 6.08 Å². The van der Waals surface area contributed by atoms with E-state index in [2.05, 4.69) is 15.9 Å². The van der Waals surface area contributed by atoms with Crippen molar-refractivity contribution in [3.05, 3.63) is 40.9 Å². The average molecular weight is 317 g/mol.